The maximum absolute atomic E-state index is 11.0. The average molecular weight is 435 g/mol. The molecule has 0 unspecified atom stereocenters. The zero-order valence-electron chi connectivity index (χ0n) is 17.3. The average Bonchev–Trinajstić information content (AvgIpc) is 3.28. The number of thiophene rings is 1. The molecule has 0 spiro atoms. The van der Waals surface area contributed by atoms with Crippen LogP contribution in [0, 0.1) is 5.41 Å². The number of hydrogen-bond acceptors (Lipinski definition) is 7. The summed E-state index contributed by atoms with van der Waals surface area (Å²) in [5.41, 5.74) is 15.1. The number of aliphatic hydroxyl groups is 2. The van der Waals surface area contributed by atoms with Gasteiger partial charge >= 0.3 is 0 Å². The fourth-order valence-electron chi connectivity index (χ4n) is 4.89. The Kier molecular flexibility index (Phi) is 4.84. The molecular weight excluding hydrogens is 408 g/mol. The highest BCUT2D eigenvalue weighted by molar-refractivity contribution is 7.11. The van der Waals surface area contributed by atoms with Crippen LogP contribution >= 0.6 is 11.3 Å². The molecule has 0 radical (unpaired) electrons. The minimum atomic E-state index is -0.826. The molecule has 5 rings (SSSR count). The van der Waals surface area contributed by atoms with E-state index in [4.69, 9.17) is 11.5 Å². The minimum absolute atomic E-state index is 0.158. The summed E-state index contributed by atoms with van der Waals surface area (Å²) in [4.78, 5) is 9.92. The Morgan fingerprint density at radius 1 is 1.16 bits per heavy atom. The first-order valence-electron chi connectivity index (χ1n) is 10.5. The number of benzene rings is 1. The zero-order valence-corrected chi connectivity index (χ0v) is 18.1. The number of anilines is 2. The van der Waals surface area contributed by atoms with Gasteiger partial charge in [-0.05, 0) is 54.5 Å². The first-order chi connectivity index (χ1) is 14.9. The van der Waals surface area contributed by atoms with Crippen LogP contribution < -0.4 is 11.5 Å². The van der Waals surface area contributed by atoms with E-state index in [2.05, 4.69) is 35.1 Å². The highest BCUT2D eigenvalue weighted by atomic mass is 32.1. The number of aliphatic hydroxyl groups excluding tert-OH is 2. The second kappa shape index (κ2) is 7.44. The normalized spacial score (nSPS) is 26.1. The third-order valence-electron chi connectivity index (χ3n) is 6.80. The highest BCUT2D eigenvalue weighted by Crippen LogP contribution is 2.51. The lowest BCUT2D eigenvalue weighted by atomic mass is 9.80. The summed E-state index contributed by atoms with van der Waals surface area (Å²) >= 11 is 1.56. The Labute approximate surface area is 184 Å². The molecule has 3 aromatic heterocycles. The summed E-state index contributed by atoms with van der Waals surface area (Å²) in [5.74, 6) is 0.348. The van der Waals surface area contributed by atoms with Crippen LogP contribution in [-0.4, -0.2) is 32.4 Å². The quantitative estimate of drug-likeness (QED) is 0.387. The van der Waals surface area contributed by atoms with Crippen LogP contribution in [0.25, 0.3) is 21.8 Å². The molecule has 0 aliphatic heterocycles. The monoisotopic (exact) mass is 434 g/mol. The maximum Gasteiger partial charge on any atom is 0.124 e. The Balaban J connectivity index is 1.39. The molecule has 1 aliphatic carbocycles. The van der Waals surface area contributed by atoms with E-state index in [-0.39, 0.29) is 5.92 Å². The van der Waals surface area contributed by atoms with Crippen molar-refractivity contribution in [3.63, 3.8) is 0 Å². The fourth-order valence-corrected chi connectivity index (χ4v) is 6.05. The van der Waals surface area contributed by atoms with Crippen molar-refractivity contribution in [1.29, 1.82) is 0 Å². The molecule has 0 bridgehead atoms. The largest absolute Gasteiger partial charge is 0.398 e. The predicted octanol–water partition coefficient (Wildman–Crippen LogP) is 3.86. The molecule has 4 aromatic rings. The Morgan fingerprint density at radius 3 is 2.81 bits per heavy atom. The lowest BCUT2D eigenvalue weighted by Gasteiger charge is -2.28. The van der Waals surface area contributed by atoms with Gasteiger partial charge < -0.3 is 21.7 Å². The van der Waals surface area contributed by atoms with Crippen LogP contribution in [-0.2, 0) is 6.42 Å². The third-order valence-corrected chi connectivity index (χ3v) is 7.90. The molecule has 160 valence electrons. The van der Waals surface area contributed by atoms with Gasteiger partial charge in [-0.15, -0.1) is 11.3 Å². The number of aryl methyl sites for hydroxylation is 1. The Morgan fingerprint density at radius 2 is 1.97 bits per heavy atom. The standard InChI is InChI=1S/C24H26N4O2S/c1-24(8-6-13-2-3-14-4-5-19(26)28-18(14)10-13)11-15(21(29)23(24)30)22-20-16(12-31-22)17(25)7-9-27-20/h2-5,7,9-10,12,15,21,23,29-30H,6,8,11,25H2,1H3,(H2,26,28)/t15-,21+,23+,24+/m1/s1. The summed E-state index contributed by atoms with van der Waals surface area (Å²) in [7, 11) is 0. The third kappa shape index (κ3) is 3.43. The van der Waals surface area contributed by atoms with Crippen molar-refractivity contribution in [3.05, 3.63) is 58.4 Å². The lowest BCUT2D eigenvalue weighted by Crippen LogP contribution is -2.34. The molecule has 6 nitrogen and oxygen atoms in total. The van der Waals surface area contributed by atoms with E-state index >= 15 is 0 Å². The van der Waals surface area contributed by atoms with E-state index in [1.54, 1.807) is 29.7 Å². The lowest BCUT2D eigenvalue weighted by molar-refractivity contribution is -0.0199. The number of rotatable bonds is 4. The molecule has 1 fully saturated rings. The van der Waals surface area contributed by atoms with Gasteiger partial charge in [-0.1, -0.05) is 19.1 Å². The van der Waals surface area contributed by atoms with Gasteiger partial charge in [0.2, 0.25) is 0 Å². The van der Waals surface area contributed by atoms with Crippen LogP contribution in [0.4, 0.5) is 11.5 Å². The maximum atomic E-state index is 11.0. The summed E-state index contributed by atoms with van der Waals surface area (Å²) in [5, 5.41) is 25.9. The van der Waals surface area contributed by atoms with Gasteiger partial charge in [0.05, 0.1) is 23.2 Å². The van der Waals surface area contributed by atoms with E-state index in [0.29, 0.717) is 17.9 Å². The van der Waals surface area contributed by atoms with Gasteiger partial charge in [-0.25, -0.2) is 4.98 Å². The van der Waals surface area contributed by atoms with Crippen molar-refractivity contribution in [1.82, 2.24) is 9.97 Å². The topological polar surface area (TPSA) is 118 Å². The molecule has 0 amide bonds. The summed E-state index contributed by atoms with van der Waals surface area (Å²) < 4.78 is 0. The number of aromatic nitrogens is 2. The van der Waals surface area contributed by atoms with Crippen molar-refractivity contribution >= 4 is 44.6 Å². The van der Waals surface area contributed by atoms with Crippen LogP contribution in [0.3, 0.4) is 0 Å². The molecule has 3 heterocycles. The number of nitrogens with zero attached hydrogens (tertiary/aromatic N) is 2. The number of nitrogen functional groups attached to an aromatic ring is 2. The van der Waals surface area contributed by atoms with Crippen molar-refractivity contribution in [2.24, 2.45) is 5.41 Å². The molecular formula is C24H26N4O2S. The fraction of sp³-hybridized carbons (Fsp3) is 0.333. The van der Waals surface area contributed by atoms with Gasteiger partial charge in [0.1, 0.15) is 5.82 Å². The number of fused-ring (bicyclic) bond motifs is 2. The predicted molar refractivity (Wildman–Crippen MR) is 126 cm³/mol. The number of pyridine rings is 2. The van der Waals surface area contributed by atoms with Crippen molar-refractivity contribution < 1.29 is 10.2 Å². The second-order valence-corrected chi connectivity index (χ2v) is 9.84. The van der Waals surface area contributed by atoms with E-state index in [0.717, 1.165) is 45.1 Å². The van der Waals surface area contributed by atoms with Crippen LogP contribution in [0.2, 0.25) is 0 Å². The van der Waals surface area contributed by atoms with E-state index in [9.17, 15) is 10.2 Å². The summed E-state index contributed by atoms with van der Waals surface area (Å²) in [6.07, 6.45) is 2.31. The first-order valence-corrected chi connectivity index (χ1v) is 11.4. The van der Waals surface area contributed by atoms with Crippen molar-refractivity contribution in [3.8, 4) is 0 Å². The molecule has 31 heavy (non-hydrogen) atoms. The van der Waals surface area contributed by atoms with Crippen molar-refractivity contribution in [2.75, 3.05) is 11.5 Å². The number of nitrogens with two attached hydrogens (primary N) is 2. The SMILES string of the molecule is C[C@]1(CCc2ccc3ccc(N)nc3c2)C[C@@H](c2scc3c(N)ccnc23)[C@H](O)[C@@H]1O. The zero-order chi connectivity index (χ0) is 21.8. The van der Waals surface area contributed by atoms with Gasteiger partial charge in [0, 0.05) is 38.8 Å². The van der Waals surface area contributed by atoms with Crippen LogP contribution in [0.15, 0.2) is 48.0 Å². The van der Waals surface area contributed by atoms with E-state index in [1.807, 2.05) is 11.4 Å². The molecule has 6 N–H and O–H groups in total. The van der Waals surface area contributed by atoms with Crippen molar-refractivity contribution in [2.45, 2.75) is 44.3 Å². The van der Waals surface area contributed by atoms with Gasteiger partial charge in [-0.2, -0.15) is 0 Å². The highest BCUT2D eigenvalue weighted by Gasteiger charge is 2.50. The molecule has 0 saturated heterocycles. The van der Waals surface area contributed by atoms with Crippen LogP contribution in [0.1, 0.15) is 36.1 Å². The Bertz CT molecular complexity index is 1270. The molecule has 7 heteroatoms. The first kappa shape index (κ1) is 20.2. The number of hydrogen-bond donors (Lipinski definition) is 4. The molecule has 4 atom stereocenters. The van der Waals surface area contributed by atoms with Crippen LogP contribution in [0.5, 0.6) is 0 Å². The second-order valence-electron chi connectivity index (χ2n) is 8.93. The van der Waals surface area contributed by atoms with E-state index < -0.39 is 17.6 Å². The van der Waals surface area contributed by atoms with Gasteiger partial charge in [0.25, 0.3) is 0 Å². The summed E-state index contributed by atoms with van der Waals surface area (Å²) in [6, 6.07) is 11.8. The van der Waals surface area contributed by atoms with Gasteiger partial charge in [-0.3, -0.25) is 4.98 Å². The molecule has 1 aliphatic rings. The van der Waals surface area contributed by atoms with E-state index in [1.165, 1.54) is 0 Å². The minimum Gasteiger partial charge on any atom is -0.398 e. The summed E-state index contributed by atoms with van der Waals surface area (Å²) in [6.45, 7) is 2.07. The Hall–Kier alpha value is -2.74. The smallest absolute Gasteiger partial charge is 0.124 e. The van der Waals surface area contributed by atoms with Gasteiger partial charge in [0.15, 0.2) is 0 Å². The molecule has 1 saturated carbocycles. The molecule has 1 aromatic carbocycles.